The van der Waals surface area contributed by atoms with Gasteiger partial charge in [-0.1, -0.05) is 0 Å². The third-order valence-electron chi connectivity index (χ3n) is 3.31. The highest BCUT2D eigenvalue weighted by atomic mass is 32.1. The van der Waals surface area contributed by atoms with E-state index in [0.717, 1.165) is 27.7 Å². The number of imidazole rings is 1. The predicted molar refractivity (Wildman–Crippen MR) is 83.6 cm³/mol. The van der Waals surface area contributed by atoms with Crippen LogP contribution in [-0.2, 0) is 0 Å². The van der Waals surface area contributed by atoms with Gasteiger partial charge in [-0.25, -0.2) is 4.98 Å². The Morgan fingerprint density at radius 1 is 1.25 bits per heavy atom. The molecule has 0 bridgehead atoms. The fourth-order valence-corrected chi connectivity index (χ4v) is 3.39. The van der Waals surface area contributed by atoms with Gasteiger partial charge in [0.2, 0.25) is 0 Å². The highest BCUT2D eigenvalue weighted by molar-refractivity contribution is 7.17. The second kappa shape index (κ2) is 4.83. The van der Waals surface area contributed by atoms with Crippen LogP contribution in [0.3, 0.4) is 0 Å². The molecule has 0 unspecified atom stereocenters. The maximum Gasteiger partial charge on any atom is 0.196 e. The fraction of sp³-hybridized carbons (Fsp3) is 0.267. The highest BCUT2D eigenvalue weighted by Crippen LogP contribution is 2.34. The molecule has 2 heterocycles. The molecule has 0 aliphatic heterocycles. The molecule has 0 aliphatic carbocycles. The van der Waals surface area contributed by atoms with E-state index in [2.05, 4.69) is 24.0 Å². The second-order valence-electron chi connectivity index (χ2n) is 4.66. The molecule has 2 aromatic heterocycles. The number of aromatic nitrogens is 2. The van der Waals surface area contributed by atoms with Gasteiger partial charge in [0, 0.05) is 10.4 Å². The number of benzene rings is 1. The Morgan fingerprint density at radius 2 is 1.95 bits per heavy atom. The van der Waals surface area contributed by atoms with E-state index in [-0.39, 0.29) is 0 Å². The van der Waals surface area contributed by atoms with Gasteiger partial charge in [-0.15, -0.1) is 11.3 Å². The fourth-order valence-electron chi connectivity index (χ4n) is 2.35. The topological polar surface area (TPSA) is 52.5 Å². The average Bonchev–Trinajstić information content (AvgIpc) is 2.88. The SMILES string of the molecule is CCOc1ccc(-c2c(C)sc3nc(C)c(N)n23)cc1. The lowest BCUT2D eigenvalue weighted by Gasteiger charge is -2.06. The minimum Gasteiger partial charge on any atom is -0.494 e. The lowest BCUT2D eigenvalue weighted by atomic mass is 10.1. The number of hydrogen-bond donors (Lipinski definition) is 1. The van der Waals surface area contributed by atoms with Crippen molar-refractivity contribution < 1.29 is 4.74 Å². The maximum absolute atomic E-state index is 6.15. The van der Waals surface area contributed by atoms with Crippen LogP contribution in [0.1, 0.15) is 17.5 Å². The number of anilines is 1. The van der Waals surface area contributed by atoms with Crippen molar-refractivity contribution in [2.45, 2.75) is 20.8 Å². The summed E-state index contributed by atoms with van der Waals surface area (Å²) in [6.07, 6.45) is 0. The van der Waals surface area contributed by atoms with Crippen LogP contribution in [0.2, 0.25) is 0 Å². The Balaban J connectivity index is 2.15. The van der Waals surface area contributed by atoms with E-state index in [1.807, 2.05) is 30.4 Å². The van der Waals surface area contributed by atoms with Gasteiger partial charge < -0.3 is 10.5 Å². The molecule has 5 heteroatoms. The zero-order valence-electron chi connectivity index (χ0n) is 11.8. The molecule has 0 atom stereocenters. The molecule has 3 aromatic rings. The van der Waals surface area contributed by atoms with Gasteiger partial charge in [-0.2, -0.15) is 0 Å². The molecular weight excluding hydrogens is 270 g/mol. The molecule has 0 spiro atoms. The van der Waals surface area contributed by atoms with Crippen LogP contribution >= 0.6 is 11.3 Å². The molecule has 104 valence electrons. The number of aryl methyl sites for hydroxylation is 2. The Bertz CT molecular complexity index is 756. The number of rotatable bonds is 3. The van der Waals surface area contributed by atoms with Crippen molar-refractivity contribution in [1.82, 2.24) is 9.38 Å². The minimum atomic E-state index is 0.675. The molecule has 4 nitrogen and oxygen atoms in total. The molecule has 3 rings (SSSR count). The van der Waals surface area contributed by atoms with E-state index < -0.39 is 0 Å². The Hall–Kier alpha value is -2.01. The van der Waals surface area contributed by atoms with Gasteiger partial charge in [0.25, 0.3) is 0 Å². The summed E-state index contributed by atoms with van der Waals surface area (Å²) in [5.74, 6) is 1.60. The molecule has 0 saturated heterocycles. The lowest BCUT2D eigenvalue weighted by Crippen LogP contribution is -1.96. The van der Waals surface area contributed by atoms with Gasteiger partial charge in [0.15, 0.2) is 4.96 Å². The van der Waals surface area contributed by atoms with Crippen LogP contribution in [-0.4, -0.2) is 16.0 Å². The summed E-state index contributed by atoms with van der Waals surface area (Å²) >= 11 is 1.66. The van der Waals surface area contributed by atoms with E-state index in [1.54, 1.807) is 11.3 Å². The van der Waals surface area contributed by atoms with Gasteiger partial charge in [0.1, 0.15) is 11.6 Å². The molecule has 1 aromatic carbocycles. The van der Waals surface area contributed by atoms with Crippen molar-refractivity contribution in [3.8, 4) is 17.0 Å². The van der Waals surface area contributed by atoms with E-state index in [4.69, 9.17) is 10.5 Å². The molecule has 2 N–H and O–H groups in total. The summed E-state index contributed by atoms with van der Waals surface area (Å²) < 4.78 is 7.52. The zero-order valence-corrected chi connectivity index (χ0v) is 12.6. The lowest BCUT2D eigenvalue weighted by molar-refractivity contribution is 0.340. The summed E-state index contributed by atoms with van der Waals surface area (Å²) in [4.78, 5) is 6.66. The zero-order chi connectivity index (χ0) is 14.3. The summed E-state index contributed by atoms with van der Waals surface area (Å²) in [7, 11) is 0. The van der Waals surface area contributed by atoms with Crippen LogP contribution in [0.5, 0.6) is 5.75 Å². The Kier molecular flexibility index (Phi) is 3.14. The van der Waals surface area contributed by atoms with Crippen molar-refractivity contribution in [3.05, 3.63) is 34.8 Å². The van der Waals surface area contributed by atoms with Crippen molar-refractivity contribution in [1.29, 1.82) is 0 Å². The first-order chi connectivity index (χ1) is 9.61. The first kappa shape index (κ1) is 13.0. The van der Waals surface area contributed by atoms with Gasteiger partial charge in [-0.05, 0) is 45.0 Å². The number of hydrogen-bond acceptors (Lipinski definition) is 4. The smallest absolute Gasteiger partial charge is 0.196 e. The average molecular weight is 287 g/mol. The normalized spacial score (nSPS) is 11.2. The maximum atomic E-state index is 6.15. The summed E-state index contributed by atoms with van der Waals surface area (Å²) in [6, 6.07) is 8.10. The van der Waals surface area contributed by atoms with Crippen LogP contribution in [0, 0.1) is 13.8 Å². The molecule has 20 heavy (non-hydrogen) atoms. The number of fused-ring (bicyclic) bond motifs is 1. The third kappa shape index (κ3) is 1.94. The van der Waals surface area contributed by atoms with E-state index >= 15 is 0 Å². The summed E-state index contributed by atoms with van der Waals surface area (Å²) in [5, 5.41) is 0. The van der Waals surface area contributed by atoms with E-state index in [1.165, 1.54) is 4.88 Å². The molecule has 0 amide bonds. The molecule has 0 saturated carbocycles. The number of nitrogens with two attached hydrogens (primary N) is 1. The van der Waals surface area contributed by atoms with Crippen molar-refractivity contribution in [2.24, 2.45) is 0 Å². The third-order valence-corrected chi connectivity index (χ3v) is 4.26. The summed E-state index contributed by atoms with van der Waals surface area (Å²) in [6.45, 7) is 6.69. The first-order valence-corrected chi connectivity index (χ1v) is 7.40. The van der Waals surface area contributed by atoms with Gasteiger partial charge in [0.05, 0.1) is 18.0 Å². The Labute approximate surface area is 121 Å². The van der Waals surface area contributed by atoms with E-state index in [0.29, 0.717) is 12.4 Å². The largest absolute Gasteiger partial charge is 0.494 e. The van der Waals surface area contributed by atoms with Crippen LogP contribution in [0.25, 0.3) is 16.2 Å². The van der Waals surface area contributed by atoms with Crippen LogP contribution in [0.15, 0.2) is 24.3 Å². The summed E-state index contributed by atoms with van der Waals surface area (Å²) in [5.41, 5.74) is 9.27. The standard InChI is InChI=1S/C15H17N3OS/c1-4-19-12-7-5-11(6-8-12)13-10(3)20-15-17-9(2)14(16)18(13)15/h5-8H,4,16H2,1-3H3. The minimum absolute atomic E-state index is 0.675. The highest BCUT2D eigenvalue weighted by Gasteiger charge is 2.16. The van der Waals surface area contributed by atoms with E-state index in [9.17, 15) is 0 Å². The van der Waals surface area contributed by atoms with Crippen LogP contribution < -0.4 is 10.5 Å². The molecule has 0 aliphatic rings. The van der Waals surface area contributed by atoms with Gasteiger partial charge >= 0.3 is 0 Å². The number of nitrogen functional groups attached to an aromatic ring is 1. The van der Waals surface area contributed by atoms with Crippen molar-refractivity contribution in [3.63, 3.8) is 0 Å². The van der Waals surface area contributed by atoms with Crippen LogP contribution in [0.4, 0.5) is 5.82 Å². The quantitative estimate of drug-likeness (QED) is 0.799. The second-order valence-corrected chi connectivity index (χ2v) is 5.85. The first-order valence-electron chi connectivity index (χ1n) is 6.59. The number of nitrogens with zero attached hydrogens (tertiary/aromatic N) is 2. The molecular formula is C15H17N3OS. The Morgan fingerprint density at radius 3 is 2.60 bits per heavy atom. The molecule has 0 fully saturated rings. The number of ether oxygens (including phenoxy) is 1. The number of thiazole rings is 1. The van der Waals surface area contributed by atoms with Gasteiger partial charge in [-0.3, -0.25) is 4.40 Å². The predicted octanol–water partition coefficient (Wildman–Crippen LogP) is 3.66. The van der Waals surface area contributed by atoms with Crippen molar-refractivity contribution in [2.75, 3.05) is 12.3 Å². The monoisotopic (exact) mass is 287 g/mol. The van der Waals surface area contributed by atoms with Crippen molar-refractivity contribution >= 4 is 22.1 Å². The molecule has 0 radical (unpaired) electrons.